The maximum Gasteiger partial charge on any atom is 0.305 e. The van der Waals surface area contributed by atoms with E-state index in [-0.39, 0.29) is 23.9 Å². The zero-order valence-corrected chi connectivity index (χ0v) is 14.0. The van der Waals surface area contributed by atoms with E-state index in [2.05, 4.69) is 5.32 Å². The van der Waals surface area contributed by atoms with Gasteiger partial charge in [0, 0.05) is 11.1 Å². The molecule has 0 radical (unpaired) electrons. The fourth-order valence-corrected chi connectivity index (χ4v) is 3.21. The summed E-state index contributed by atoms with van der Waals surface area (Å²) in [5.41, 5.74) is -0.669. The summed E-state index contributed by atoms with van der Waals surface area (Å²) in [6.45, 7) is 7.71. The molecular weight excluding hydrogens is 268 g/mol. The normalized spacial score (nSPS) is 20.1. The Hall–Kier alpha value is -1.10. The lowest BCUT2D eigenvalue weighted by molar-refractivity contribution is -0.144. The van der Waals surface area contributed by atoms with Crippen LogP contribution in [0.5, 0.6) is 0 Å². The second-order valence-corrected chi connectivity index (χ2v) is 7.38. The predicted molar refractivity (Wildman–Crippen MR) is 83.2 cm³/mol. The van der Waals surface area contributed by atoms with Gasteiger partial charge in [0.05, 0.1) is 12.5 Å². The molecule has 1 fully saturated rings. The van der Waals surface area contributed by atoms with Crippen molar-refractivity contribution in [2.45, 2.75) is 83.3 Å². The Morgan fingerprint density at radius 2 is 1.76 bits per heavy atom. The van der Waals surface area contributed by atoms with Gasteiger partial charge in [0.15, 0.2) is 0 Å². The van der Waals surface area contributed by atoms with E-state index < -0.39 is 11.5 Å². The number of hydrogen-bond donors (Lipinski definition) is 2. The smallest absolute Gasteiger partial charge is 0.305 e. The molecule has 0 heterocycles. The van der Waals surface area contributed by atoms with Gasteiger partial charge in [-0.1, -0.05) is 19.3 Å². The Balaban J connectivity index is 2.86. The Morgan fingerprint density at radius 1 is 1.24 bits per heavy atom. The molecule has 1 saturated carbocycles. The maximum atomic E-state index is 12.4. The molecule has 1 atom stereocenters. The summed E-state index contributed by atoms with van der Waals surface area (Å²) in [4.78, 5) is 25.6. The van der Waals surface area contributed by atoms with Crippen LogP contribution in [-0.4, -0.2) is 46.1 Å². The van der Waals surface area contributed by atoms with Crippen LogP contribution in [0.3, 0.4) is 0 Å². The number of carboxylic acid groups (broad SMARTS) is 1. The highest BCUT2D eigenvalue weighted by Gasteiger charge is 2.41. The first-order chi connectivity index (χ1) is 9.57. The number of nitrogens with one attached hydrogen (secondary N) is 1. The molecule has 1 rings (SSSR count). The minimum absolute atomic E-state index is 0.0414. The van der Waals surface area contributed by atoms with Crippen LogP contribution in [0, 0.1) is 0 Å². The topological polar surface area (TPSA) is 69.6 Å². The maximum absolute atomic E-state index is 12.4. The third-order valence-corrected chi connectivity index (χ3v) is 4.47. The minimum atomic E-state index is -0.785. The van der Waals surface area contributed by atoms with Crippen molar-refractivity contribution in [2.75, 3.05) is 7.05 Å². The molecule has 5 heteroatoms. The van der Waals surface area contributed by atoms with Gasteiger partial charge in [-0.2, -0.15) is 0 Å². The fraction of sp³-hybridized carbons (Fsp3) is 0.875. The summed E-state index contributed by atoms with van der Waals surface area (Å²) in [5.74, 6) is -0.826. The third-order valence-electron chi connectivity index (χ3n) is 4.47. The van der Waals surface area contributed by atoms with Crippen LogP contribution in [0.1, 0.15) is 66.2 Å². The Labute approximate surface area is 128 Å². The summed E-state index contributed by atoms with van der Waals surface area (Å²) < 4.78 is 0. The molecule has 1 aliphatic carbocycles. The molecule has 2 N–H and O–H groups in total. The molecule has 0 saturated heterocycles. The molecule has 0 aromatic rings. The number of amides is 1. The minimum Gasteiger partial charge on any atom is -0.481 e. The molecule has 0 spiro atoms. The number of hydrogen-bond acceptors (Lipinski definition) is 3. The van der Waals surface area contributed by atoms with E-state index in [1.165, 1.54) is 0 Å². The summed E-state index contributed by atoms with van der Waals surface area (Å²) in [5, 5.41) is 12.2. The van der Waals surface area contributed by atoms with Crippen LogP contribution in [0.15, 0.2) is 0 Å². The second kappa shape index (κ2) is 6.77. The number of rotatable bonds is 5. The van der Waals surface area contributed by atoms with Crippen molar-refractivity contribution < 1.29 is 14.7 Å². The van der Waals surface area contributed by atoms with E-state index in [9.17, 15) is 14.7 Å². The van der Waals surface area contributed by atoms with Gasteiger partial charge in [-0.05, 0) is 47.6 Å². The largest absolute Gasteiger partial charge is 0.481 e. The van der Waals surface area contributed by atoms with Gasteiger partial charge in [-0.15, -0.1) is 0 Å². The number of carbonyl (C=O) groups excluding carboxylic acids is 1. The molecule has 0 aromatic carbocycles. The number of nitrogens with zero attached hydrogens (tertiary/aromatic N) is 1. The van der Waals surface area contributed by atoms with E-state index in [1.807, 2.05) is 39.6 Å². The summed E-state index contributed by atoms with van der Waals surface area (Å²) in [7, 11) is 1.89. The predicted octanol–water partition coefficient (Wildman–Crippen LogP) is 2.40. The van der Waals surface area contributed by atoms with Crippen molar-refractivity contribution in [1.29, 1.82) is 0 Å². The molecule has 0 bridgehead atoms. The van der Waals surface area contributed by atoms with Gasteiger partial charge in [-0.3, -0.25) is 14.5 Å². The van der Waals surface area contributed by atoms with Crippen molar-refractivity contribution >= 4 is 11.9 Å². The first-order valence-corrected chi connectivity index (χ1v) is 7.84. The van der Waals surface area contributed by atoms with Crippen molar-refractivity contribution in [2.24, 2.45) is 0 Å². The van der Waals surface area contributed by atoms with E-state index in [1.54, 1.807) is 0 Å². The first kappa shape index (κ1) is 18.0. The standard InChI is InChI=1S/C16H30N2O3/c1-12(14(21)17-15(2,3)4)18(5)16(11-13(19)20)9-7-6-8-10-16/h12H,6-11H2,1-5H3,(H,17,21)(H,19,20). The molecule has 1 aliphatic rings. The highest BCUT2D eigenvalue weighted by Crippen LogP contribution is 2.37. The van der Waals surface area contributed by atoms with Gasteiger partial charge in [0.2, 0.25) is 5.91 Å². The van der Waals surface area contributed by atoms with Crippen molar-refractivity contribution in [3.63, 3.8) is 0 Å². The molecule has 5 nitrogen and oxygen atoms in total. The van der Waals surface area contributed by atoms with Crippen molar-refractivity contribution in [1.82, 2.24) is 10.2 Å². The Morgan fingerprint density at radius 3 is 2.19 bits per heavy atom. The molecule has 1 amide bonds. The third kappa shape index (κ3) is 4.99. The van der Waals surface area contributed by atoms with Crippen molar-refractivity contribution in [3.8, 4) is 0 Å². The summed E-state index contributed by atoms with van der Waals surface area (Å²) in [6.07, 6.45) is 5.02. The summed E-state index contributed by atoms with van der Waals surface area (Å²) >= 11 is 0. The zero-order valence-electron chi connectivity index (χ0n) is 14.0. The second-order valence-electron chi connectivity index (χ2n) is 7.38. The number of aliphatic carboxylic acids is 1. The lowest BCUT2D eigenvalue weighted by atomic mass is 9.77. The van der Waals surface area contributed by atoms with Crippen LogP contribution < -0.4 is 5.32 Å². The molecule has 0 aliphatic heterocycles. The SMILES string of the molecule is CC(C(=O)NC(C)(C)C)N(C)C1(CC(=O)O)CCCCC1. The van der Waals surface area contributed by atoms with Gasteiger partial charge < -0.3 is 10.4 Å². The number of carboxylic acids is 1. The van der Waals surface area contributed by atoms with Gasteiger partial charge in [0.1, 0.15) is 0 Å². The van der Waals surface area contributed by atoms with Crippen LogP contribution >= 0.6 is 0 Å². The van der Waals surface area contributed by atoms with Gasteiger partial charge in [-0.25, -0.2) is 0 Å². The molecule has 122 valence electrons. The van der Waals surface area contributed by atoms with E-state index in [0.717, 1.165) is 32.1 Å². The average molecular weight is 298 g/mol. The van der Waals surface area contributed by atoms with Gasteiger partial charge >= 0.3 is 5.97 Å². The Bertz CT molecular complexity index is 381. The molecule has 1 unspecified atom stereocenters. The lowest BCUT2D eigenvalue weighted by Gasteiger charge is -2.46. The molecule has 21 heavy (non-hydrogen) atoms. The first-order valence-electron chi connectivity index (χ1n) is 7.84. The zero-order chi connectivity index (χ0) is 16.3. The lowest BCUT2D eigenvalue weighted by Crippen LogP contribution is -2.58. The van der Waals surface area contributed by atoms with Gasteiger partial charge in [0.25, 0.3) is 0 Å². The van der Waals surface area contributed by atoms with Crippen LogP contribution in [-0.2, 0) is 9.59 Å². The van der Waals surface area contributed by atoms with Crippen molar-refractivity contribution in [3.05, 3.63) is 0 Å². The molecular formula is C16H30N2O3. The highest BCUT2D eigenvalue weighted by molar-refractivity contribution is 5.82. The number of carbonyl (C=O) groups is 2. The summed E-state index contributed by atoms with van der Waals surface area (Å²) in [6, 6.07) is -0.332. The van der Waals surface area contributed by atoms with Crippen LogP contribution in [0.4, 0.5) is 0 Å². The van der Waals surface area contributed by atoms with Crippen LogP contribution in [0.2, 0.25) is 0 Å². The van der Waals surface area contributed by atoms with E-state index in [0.29, 0.717) is 0 Å². The van der Waals surface area contributed by atoms with E-state index >= 15 is 0 Å². The quantitative estimate of drug-likeness (QED) is 0.817. The average Bonchev–Trinajstić information content (AvgIpc) is 2.35. The molecule has 0 aromatic heterocycles. The highest BCUT2D eigenvalue weighted by atomic mass is 16.4. The fourth-order valence-electron chi connectivity index (χ4n) is 3.21. The van der Waals surface area contributed by atoms with Crippen LogP contribution in [0.25, 0.3) is 0 Å². The number of likely N-dealkylation sites (N-methyl/N-ethyl adjacent to an activating group) is 1. The monoisotopic (exact) mass is 298 g/mol. The Kier molecular flexibility index (Phi) is 5.79. The van der Waals surface area contributed by atoms with E-state index in [4.69, 9.17) is 0 Å².